The third-order valence-corrected chi connectivity index (χ3v) is 13.9. The third kappa shape index (κ3) is 6.14. The summed E-state index contributed by atoms with van der Waals surface area (Å²) < 4.78 is 17.1. The van der Waals surface area contributed by atoms with E-state index in [9.17, 15) is 49.5 Å². The summed E-state index contributed by atoms with van der Waals surface area (Å²) in [5.74, 6) is -5.03. The van der Waals surface area contributed by atoms with Crippen LogP contribution in [0.3, 0.4) is 0 Å². The average Bonchev–Trinajstić information content (AvgIpc) is 3.12. The molecule has 2 aromatic rings. The van der Waals surface area contributed by atoms with Gasteiger partial charge in [0.15, 0.2) is 18.0 Å². The molecule has 0 radical (unpaired) electrons. The number of ketones is 1. The predicted octanol–water partition coefficient (Wildman–Crippen LogP) is -0.147. The van der Waals surface area contributed by atoms with E-state index < -0.39 is 110 Å². The number of hydrogen-bond acceptors (Lipinski definition) is 13. The molecule has 1 amide bonds. The fourth-order valence-electron chi connectivity index (χ4n) is 9.23. The molecule has 7 N–H and O–H groups in total. The second kappa shape index (κ2) is 14.0. The molecule has 1 unspecified atom stereocenters. The minimum absolute atomic E-state index is 0.0326. The van der Waals surface area contributed by atoms with Crippen LogP contribution < -0.4 is 10.5 Å². The summed E-state index contributed by atoms with van der Waals surface area (Å²) in [6.07, 6.45) is -10.1. The van der Waals surface area contributed by atoms with Crippen LogP contribution in [0, 0.1) is 16.7 Å². The number of carbonyl (C=O) groups is 4. The van der Waals surface area contributed by atoms with E-state index in [4.69, 9.17) is 14.2 Å². The number of rotatable bonds is 8. The number of fused-ring (bicyclic) bond motifs is 5. The Morgan fingerprint density at radius 1 is 1.00 bits per heavy atom. The SMILES string of the molecule is CC(=O)O[C@H]1C(=O)[C@@]2(C)[C@H]([C@H](O)[C@]3(O)C[C@H](OC(=O)[C@H](O)[C@@H](NC(=O)c4ccc([SiH](C)O)cc4)c4ccccc4)C(C)=C1C3(C)C)[C@]1(O)CO[C@@H]1C[C@@H]2O. The van der Waals surface area contributed by atoms with Crippen molar-refractivity contribution in [3.05, 3.63) is 76.9 Å². The maximum Gasteiger partial charge on any atom is 0.338 e. The van der Waals surface area contributed by atoms with Gasteiger partial charge in [0.25, 0.3) is 5.91 Å². The molecule has 2 saturated carbocycles. The maximum absolute atomic E-state index is 14.7. The first-order chi connectivity index (χ1) is 25.2. The quantitative estimate of drug-likeness (QED) is 0.106. The fourth-order valence-corrected chi connectivity index (χ4v) is 9.98. The van der Waals surface area contributed by atoms with Gasteiger partial charge in [-0.15, -0.1) is 0 Å². The van der Waals surface area contributed by atoms with Crippen LogP contribution >= 0.6 is 0 Å². The second-order valence-corrected chi connectivity index (χ2v) is 18.0. The lowest BCUT2D eigenvalue weighted by molar-refractivity contribution is -0.344. The van der Waals surface area contributed by atoms with Gasteiger partial charge in [-0.1, -0.05) is 56.3 Å². The molecule has 292 valence electrons. The molecule has 14 nitrogen and oxygen atoms in total. The van der Waals surface area contributed by atoms with E-state index in [1.165, 1.54) is 26.0 Å². The first kappa shape index (κ1) is 39.9. The fraction of sp³-hybridized carbons (Fsp3) is 0.538. The zero-order chi connectivity index (χ0) is 39.7. The van der Waals surface area contributed by atoms with E-state index in [-0.39, 0.29) is 29.7 Å². The van der Waals surface area contributed by atoms with Crippen molar-refractivity contribution < 1.29 is 63.7 Å². The lowest BCUT2D eigenvalue weighted by atomic mass is 9.45. The molecule has 2 bridgehead atoms. The summed E-state index contributed by atoms with van der Waals surface area (Å²) in [4.78, 5) is 64.7. The Hall–Kier alpha value is -3.80. The van der Waals surface area contributed by atoms with E-state index in [0.717, 1.165) is 12.1 Å². The van der Waals surface area contributed by atoms with Gasteiger partial charge in [-0.05, 0) is 54.4 Å². The smallest absolute Gasteiger partial charge is 0.338 e. The average molecular weight is 768 g/mol. The van der Waals surface area contributed by atoms with Crippen LogP contribution in [0.15, 0.2) is 65.7 Å². The van der Waals surface area contributed by atoms with Gasteiger partial charge in [0, 0.05) is 36.7 Å². The van der Waals surface area contributed by atoms with Crippen molar-refractivity contribution >= 4 is 37.9 Å². The summed E-state index contributed by atoms with van der Waals surface area (Å²) in [5.41, 5.74) is -6.81. The minimum Gasteiger partial charge on any atom is -0.456 e. The minimum atomic E-state index is -2.29. The predicted molar refractivity (Wildman–Crippen MR) is 193 cm³/mol. The molecule has 1 saturated heterocycles. The van der Waals surface area contributed by atoms with Crippen molar-refractivity contribution in [1.82, 2.24) is 5.32 Å². The molecule has 3 fully saturated rings. The number of aliphatic hydroxyl groups excluding tert-OH is 3. The van der Waals surface area contributed by atoms with Gasteiger partial charge in [-0.3, -0.25) is 14.4 Å². The third-order valence-electron chi connectivity index (χ3n) is 12.6. The van der Waals surface area contributed by atoms with E-state index >= 15 is 0 Å². The number of nitrogens with one attached hydrogen (secondary N) is 1. The first-order valence-corrected chi connectivity index (χ1v) is 20.3. The highest BCUT2D eigenvalue weighted by molar-refractivity contribution is 6.64. The molecule has 54 heavy (non-hydrogen) atoms. The van der Waals surface area contributed by atoms with Crippen molar-refractivity contribution in [2.45, 2.75) is 108 Å². The van der Waals surface area contributed by atoms with E-state index in [2.05, 4.69) is 5.32 Å². The topological polar surface area (TPSA) is 229 Å². The van der Waals surface area contributed by atoms with Crippen LogP contribution in [0.4, 0.5) is 0 Å². The molecule has 3 aliphatic carbocycles. The van der Waals surface area contributed by atoms with Crippen LogP contribution in [-0.4, -0.2) is 117 Å². The molecule has 0 spiro atoms. The number of benzene rings is 2. The van der Waals surface area contributed by atoms with Crippen LogP contribution in [0.5, 0.6) is 0 Å². The summed E-state index contributed by atoms with van der Waals surface area (Å²) in [7, 11) is -2.12. The van der Waals surface area contributed by atoms with E-state index in [1.54, 1.807) is 62.9 Å². The molecular weight excluding hydrogens is 719 g/mol. The van der Waals surface area contributed by atoms with Crippen LogP contribution in [0.2, 0.25) is 6.55 Å². The zero-order valence-electron chi connectivity index (χ0n) is 31.1. The van der Waals surface area contributed by atoms with Crippen LogP contribution in [0.25, 0.3) is 0 Å². The highest BCUT2D eigenvalue weighted by Gasteiger charge is 2.75. The Labute approximate surface area is 314 Å². The maximum atomic E-state index is 14.7. The standard InChI is InChI=1S/C39H49NO13Si/c1-19-24(53-35(47)29(43)28(21-10-8-7-9-11-21)40-34(46)22-12-14-23(15-13-22)54(6)50)17-39(49)33(45)31-37(5,25(42)16-26-38(31,48)18-51-26)32(44)30(52-20(2)41)27(19)36(39,3)4/h7-15,24-26,28-31,33,42-43,45,48-50,54H,16-18H2,1-6H3,(H,40,46)/t24-,25-,26+,28-,29+,30+,31-,33-,37+,38-,39+,54?/m0/s1. The summed E-state index contributed by atoms with van der Waals surface area (Å²) in [6, 6.07) is 13.2. The zero-order valence-corrected chi connectivity index (χ0v) is 32.2. The Morgan fingerprint density at radius 3 is 2.19 bits per heavy atom. The van der Waals surface area contributed by atoms with Crippen molar-refractivity contribution in [3.8, 4) is 0 Å². The molecule has 6 rings (SSSR count). The molecule has 4 aliphatic rings. The van der Waals surface area contributed by atoms with Crippen molar-refractivity contribution in [2.24, 2.45) is 16.7 Å². The molecule has 1 heterocycles. The molecule has 0 aromatic heterocycles. The molecule has 1 aliphatic heterocycles. The van der Waals surface area contributed by atoms with Gasteiger partial charge in [-0.25, -0.2) is 4.79 Å². The van der Waals surface area contributed by atoms with Gasteiger partial charge >= 0.3 is 11.9 Å². The molecule has 2 aromatic carbocycles. The lowest BCUT2D eigenvalue weighted by Gasteiger charge is -2.66. The highest BCUT2D eigenvalue weighted by atomic mass is 28.3. The van der Waals surface area contributed by atoms with E-state index in [0.29, 0.717) is 5.56 Å². The van der Waals surface area contributed by atoms with Crippen molar-refractivity contribution in [2.75, 3.05) is 6.61 Å². The monoisotopic (exact) mass is 767 g/mol. The lowest BCUT2D eigenvalue weighted by Crippen LogP contribution is -2.80. The number of esters is 2. The molecular formula is C39H49NO13Si. The van der Waals surface area contributed by atoms with E-state index in [1.807, 2.05) is 0 Å². The second-order valence-electron chi connectivity index (χ2n) is 16.0. The number of amides is 1. The Balaban J connectivity index is 1.39. The Morgan fingerprint density at radius 2 is 1.63 bits per heavy atom. The number of carbonyl (C=O) groups excluding carboxylic acids is 4. The van der Waals surface area contributed by atoms with Gasteiger partial charge in [0.05, 0.1) is 36.4 Å². The van der Waals surface area contributed by atoms with Crippen LogP contribution in [-0.2, 0) is 28.6 Å². The summed E-state index contributed by atoms with van der Waals surface area (Å²) >= 11 is 0. The number of hydrogen-bond donors (Lipinski definition) is 7. The van der Waals surface area contributed by atoms with Crippen LogP contribution in [0.1, 0.15) is 69.4 Å². The Kier molecular flexibility index (Phi) is 10.4. The highest BCUT2D eigenvalue weighted by Crippen LogP contribution is 2.62. The molecule has 12 atom stereocenters. The summed E-state index contributed by atoms with van der Waals surface area (Å²) in [5, 5.41) is 63.4. The first-order valence-electron chi connectivity index (χ1n) is 18.1. The van der Waals surface area contributed by atoms with Gasteiger partial charge in [0.2, 0.25) is 9.04 Å². The number of Topliss-reactive ketones (excluding diaryl/α,β-unsaturated/α-hetero) is 1. The normalized spacial score (nSPS) is 35.8. The Bertz CT molecular complexity index is 1850. The van der Waals surface area contributed by atoms with Crippen molar-refractivity contribution in [3.63, 3.8) is 0 Å². The largest absolute Gasteiger partial charge is 0.456 e. The van der Waals surface area contributed by atoms with Gasteiger partial charge < -0.3 is 49.9 Å². The van der Waals surface area contributed by atoms with Gasteiger partial charge in [-0.2, -0.15) is 0 Å². The summed E-state index contributed by atoms with van der Waals surface area (Å²) in [6.45, 7) is 8.50. The number of ether oxygens (including phenoxy) is 3. The number of aliphatic hydroxyl groups is 5. The van der Waals surface area contributed by atoms with Crippen molar-refractivity contribution in [1.29, 1.82) is 0 Å². The molecule has 15 heteroatoms. The van der Waals surface area contributed by atoms with Gasteiger partial charge in [0.1, 0.15) is 17.3 Å².